The molecule has 0 atom stereocenters. The monoisotopic (exact) mass is 403 g/mol. The number of nitrogens with zero attached hydrogens (tertiary/aromatic N) is 4. The van der Waals surface area contributed by atoms with E-state index in [0.29, 0.717) is 0 Å². The first-order valence-corrected chi connectivity index (χ1v) is 9.52. The van der Waals surface area contributed by atoms with Gasteiger partial charge in [0.15, 0.2) is 5.13 Å². The van der Waals surface area contributed by atoms with Gasteiger partial charge in [0.05, 0.1) is 28.0 Å². The molecular formula is C19H22ClN5OS. The highest BCUT2D eigenvalue weighted by Gasteiger charge is 2.15. The van der Waals surface area contributed by atoms with Gasteiger partial charge in [0, 0.05) is 18.8 Å². The molecule has 3 aromatic heterocycles. The van der Waals surface area contributed by atoms with E-state index in [4.69, 9.17) is 9.72 Å². The molecule has 4 rings (SSSR count). The maximum Gasteiger partial charge on any atom is 0.188 e. The molecule has 0 spiro atoms. The number of imidazole rings is 1. The van der Waals surface area contributed by atoms with Crippen LogP contribution in [0, 0.1) is 6.92 Å². The quantitative estimate of drug-likeness (QED) is 0.488. The van der Waals surface area contributed by atoms with Gasteiger partial charge in [0.25, 0.3) is 0 Å². The van der Waals surface area contributed by atoms with E-state index in [-0.39, 0.29) is 18.5 Å². The number of pyridine rings is 1. The first-order valence-electron chi connectivity index (χ1n) is 8.71. The third-order valence-corrected chi connectivity index (χ3v) is 5.09. The van der Waals surface area contributed by atoms with Gasteiger partial charge < -0.3 is 14.6 Å². The van der Waals surface area contributed by atoms with Gasteiger partial charge in [-0.3, -0.25) is 4.98 Å². The highest BCUT2D eigenvalue weighted by atomic mass is 35.5. The molecular weight excluding hydrogens is 382 g/mol. The Balaban J connectivity index is 0.00000210. The topological polar surface area (TPSA) is 64.9 Å². The molecule has 27 heavy (non-hydrogen) atoms. The zero-order valence-corrected chi connectivity index (χ0v) is 17.3. The van der Waals surface area contributed by atoms with Gasteiger partial charge >= 0.3 is 0 Å². The van der Waals surface area contributed by atoms with Crippen molar-refractivity contribution in [1.82, 2.24) is 19.5 Å². The standard InChI is InChI=1S/C19H21N5OS.ClH/c1-5-24-12(4)21-13-6-7-16-17(18(13)24)23-19(26-16)22-14-10-20-9-8-15(14)25-11(2)3;/h6-11H,5H2,1-4H3,(H,22,23);1H. The number of benzene rings is 1. The van der Waals surface area contributed by atoms with Gasteiger partial charge in [0.2, 0.25) is 0 Å². The number of anilines is 2. The van der Waals surface area contributed by atoms with E-state index in [1.807, 2.05) is 26.8 Å². The van der Waals surface area contributed by atoms with Crippen LogP contribution in [-0.4, -0.2) is 25.6 Å². The van der Waals surface area contributed by atoms with Gasteiger partial charge in [-0.1, -0.05) is 11.3 Å². The van der Waals surface area contributed by atoms with Gasteiger partial charge in [0.1, 0.15) is 22.8 Å². The summed E-state index contributed by atoms with van der Waals surface area (Å²) in [5.41, 5.74) is 3.87. The molecule has 0 fully saturated rings. The number of nitrogens with one attached hydrogen (secondary N) is 1. The van der Waals surface area contributed by atoms with E-state index in [0.717, 1.165) is 50.2 Å². The number of hydrogen-bond acceptors (Lipinski definition) is 6. The van der Waals surface area contributed by atoms with Gasteiger partial charge in [-0.05, 0) is 39.8 Å². The number of hydrogen-bond donors (Lipinski definition) is 1. The maximum atomic E-state index is 5.86. The van der Waals surface area contributed by atoms with E-state index in [2.05, 4.69) is 38.9 Å². The second-order valence-corrected chi connectivity index (χ2v) is 7.40. The van der Waals surface area contributed by atoms with Crippen molar-refractivity contribution >= 4 is 55.8 Å². The largest absolute Gasteiger partial charge is 0.489 e. The number of rotatable bonds is 5. The normalized spacial score (nSPS) is 11.1. The van der Waals surface area contributed by atoms with Crippen LogP contribution >= 0.6 is 23.7 Å². The molecule has 6 nitrogen and oxygen atoms in total. The molecule has 1 N–H and O–H groups in total. The Morgan fingerprint density at radius 2 is 2.04 bits per heavy atom. The van der Waals surface area contributed by atoms with E-state index in [1.54, 1.807) is 23.7 Å². The van der Waals surface area contributed by atoms with Gasteiger partial charge in [-0.2, -0.15) is 0 Å². The van der Waals surface area contributed by atoms with Crippen LogP contribution in [0.2, 0.25) is 0 Å². The molecule has 0 aliphatic heterocycles. The molecule has 0 saturated carbocycles. The van der Waals surface area contributed by atoms with Crippen LogP contribution in [-0.2, 0) is 6.54 Å². The van der Waals surface area contributed by atoms with Crippen molar-refractivity contribution in [2.45, 2.75) is 40.3 Å². The smallest absolute Gasteiger partial charge is 0.188 e. The minimum atomic E-state index is 0. The molecule has 0 unspecified atom stereocenters. The second kappa shape index (κ2) is 7.70. The SMILES string of the molecule is CCn1c(C)nc2ccc3sc(Nc4cnccc4OC(C)C)nc3c21.Cl. The summed E-state index contributed by atoms with van der Waals surface area (Å²) in [6.07, 6.45) is 3.59. The molecule has 4 aromatic rings. The Labute approximate surface area is 168 Å². The molecule has 8 heteroatoms. The molecule has 0 saturated heterocycles. The van der Waals surface area contributed by atoms with Crippen LogP contribution < -0.4 is 10.1 Å². The number of halogens is 1. The summed E-state index contributed by atoms with van der Waals surface area (Å²) >= 11 is 1.62. The lowest BCUT2D eigenvalue weighted by Crippen LogP contribution is -2.07. The number of aryl methyl sites for hydroxylation is 2. The van der Waals surface area contributed by atoms with Crippen LogP contribution in [0.4, 0.5) is 10.8 Å². The fraction of sp³-hybridized carbons (Fsp3) is 0.316. The van der Waals surface area contributed by atoms with Crippen LogP contribution in [0.1, 0.15) is 26.6 Å². The fourth-order valence-electron chi connectivity index (χ4n) is 3.11. The molecule has 1 aromatic carbocycles. The Kier molecular flexibility index (Phi) is 5.53. The van der Waals surface area contributed by atoms with Crippen LogP contribution in [0.25, 0.3) is 21.3 Å². The zero-order chi connectivity index (χ0) is 18.3. The average Bonchev–Trinajstić information content (AvgIpc) is 3.15. The predicted octanol–water partition coefficient (Wildman–Crippen LogP) is 5.32. The molecule has 0 amide bonds. The molecule has 0 aliphatic rings. The molecule has 0 bridgehead atoms. The van der Waals surface area contributed by atoms with E-state index in [9.17, 15) is 0 Å². The number of fused-ring (bicyclic) bond motifs is 3. The van der Waals surface area contributed by atoms with E-state index < -0.39 is 0 Å². The maximum absolute atomic E-state index is 5.86. The Morgan fingerprint density at radius 3 is 2.78 bits per heavy atom. The highest BCUT2D eigenvalue weighted by molar-refractivity contribution is 7.22. The summed E-state index contributed by atoms with van der Waals surface area (Å²) in [6, 6.07) is 6.02. The first kappa shape index (κ1) is 19.4. The summed E-state index contributed by atoms with van der Waals surface area (Å²) in [6.45, 7) is 9.05. The predicted molar refractivity (Wildman–Crippen MR) is 114 cm³/mol. The number of ether oxygens (including phenoxy) is 1. The summed E-state index contributed by atoms with van der Waals surface area (Å²) in [5.74, 6) is 1.78. The summed E-state index contributed by atoms with van der Waals surface area (Å²) in [5, 5.41) is 4.18. The molecule has 0 radical (unpaired) electrons. The van der Waals surface area contributed by atoms with Crippen molar-refractivity contribution in [3.8, 4) is 5.75 Å². The van der Waals surface area contributed by atoms with Crippen molar-refractivity contribution in [3.05, 3.63) is 36.4 Å². The van der Waals surface area contributed by atoms with E-state index >= 15 is 0 Å². The number of thiazole rings is 1. The molecule has 142 valence electrons. The van der Waals surface area contributed by atoms with Crippen molar-refractivity contribution < 1.29 is 4.74 Å². The fourth-order valence-corrected chi connectivity index (χ4v) is 3.99. The third-order valence-electron chi connectivity index (χ3n) is 4.16. The van der Waals surface area contributed by atoms with E-state index in [1.165, 1.54) is 0 Å². The lowest BCUT2D eigenvalue weighted by Gasteiger charge is -2.13. The van der Waals surface area contributed by atoms with Crippen molar-refractivity contribution in [3.63, 3.8) is 0 Å². The first-order chi connectivity index (χ1) is 12.6. The van der Waals surface area contributed by atoms with Gasteiger partial charge in [-0.15, -0.1) is 12.4 Å². The molecule has 3 heterocycles. The lowest BCUT2D eigenvalue weighted by atomic mass is 10.3. The average molecular weight is 404 g/mol. The van der Waals surface area contributed by atoms with Crippen LogP contribution in [0.5, 0.6) is 5.75 Å². The highest BCUT2D eigenvalue weighted by Crippen LogP contribution is 2.35. The van der Waals surface area contributed by atoms with Gasteiger partial charge in [-0.25, -0.2) is 9.97 Å². The second-order valence-electron chi connectivity index (χ2n) is 6.37. The number of aromatic nitrogens is 4. The Hall–Kier alpha value is -2.38. The lowest BCUT2D eigenvalue weighted by molar-refractivity contribution is 0.243. The van der Waals surface area contributed by atoms with Crippen molar-refractivity contribution in [2.75, 3.05) is 5.32 Å². The van der Waals surface area contributed by atoms with Crippen molar-refractivity contribution in [1.29, 1.82) is 0 Å². The minimum absolute atomic E-state index is 0. The Morgan fingerprint density at radius 1 is 1.22 bits per heavy atom. The zero-order valence-electron chi connectivity index (χ0n) is 15.7. The summed E-state index contributed by atoms with van der Waals surface area (Å²) in [4.78, 5) is 13.7. The summed E-state index contributed by atoms with van der Waals surface area (Å²) in [7, 11) is 0. The van der Waals surface area contributed by atoms with Crippen LogP contribution in [0.15, 0.2) is 30.6 Å². The molecule has 0 aliphatic carbocycles. The Bertz CT molecular complexity index is 1090. The van der Waals surface area contributed by atoms with Crippen molar-refractivity contribution in [2.24, 2.45) is 0 Å². The van der Waals surface area contributed by atoms with Crippen LogP contribution in [0.3, 0.4) is 0 Å². The minimum Gasteiger partial charge on any atom is -0.489 e. The summed E-state index contributed by atoms with van der Waals surface area (Å²) < 4.78 is 9.20. The third kappa shape index (κ3) is 3.57.